The molecule has 10 heteroatoms. The maximum atomic E-state index is 12.9. The van der Waals surface area contributed by atoms with E-state index in [0.29, 0.717) is 9.50 Å². The van der Waals surface area contributed by atoms with E-state index in [1.807, 2.05) is 0 Å². The van der Waals surface area contributed by atoms with E-state index in [-0.39, 0.29) is 22.6 Å². The van der Waals surface area contributed by atoms with Gasteiger partial charge in [-0.05, 0) is 48.5 Å². The smallest absolute Gasteiger partial charge is 0.341 e. The van der Waals surface area contributed by atoms with Crippen molar-refractivity contribution in [2.45, 2.75) is 0 Å². The quantitative estimate of drug-likeness (QED) is 0.503. The molecule has 0 aromatic heterocycles. The number of hydrogen-bond acceptors (Lipinski definition) is 5. The number of amides is 4. The Bertz CT molecular complexity index is 1050. The van der Waals surface area contributed by atoms with Gasteiger partial charge >= 0.3 is 12.0 Å². The monoisotopic (exact) mass is 478 g/mol. The Morgan fingerprint density at radius 3 is 2.52 bits per heavy atom. The molecule has 8 nitrogen and oxygen atoms in total. The molecule has 4 amide bonds. The summed E-state index contributed by atoms with van der Waals surface area (Å²) in [5.74, 6) is -2.75. The van der Waals surface area contributed by atoms with E-state index in [0.717, 1.165) is 4.90 Å². The summed E-state index contributed by atoms with van der Waals surface area (Å²) in [6.07, 6.45) is 1.23. The number of urea groups is 1. The summed E-state index contributed by atoms with van der Waals surface area (Å²) in [5, 5.41) is 11.3. The molecular formula is C19H12BrClN2O6. The maximum Gasteiger partial charge on any atom is 0.341 e. The molecule has 0 unspecified atom stereocenters. The summed E-state index contributed by atoms with van der Waals surface area (Å²) in [6.45, 7) is -0.604. The lowest BCUT2D eigenvalue weighted by atomic mass is 10.1. The molecule has 2 aromatic carbocycles. The van der Waals surface area contributed by atoms with Gasteiger partial charge < -0.3 is 9.84 Å². The number of nitrogens with one attached hydrogen (secondary N) is 1. The number of rotatable bonds is 5. The van der Waals surface area contributed by atoms with E-state index in [9.17, 15) is 19.2 Å². The largest absolute Gasteiger partial charge is 0.481 e. The van der Waals surface area contributed by atoms with E-state index < -0.39 is 30.4 Å². The minimum atomic E-state index is -1.18. The number of benzene rings is 2. The van der Waals surface area contributed by atoms with Gasteiger partial charge in [-0.15, -0.1) is 0 Å². The zero-order valence-corrected chi connectivity index (χ0v) is 16.9. The molecular weight excluding hydrogens is 468 g/mol. The average molecular weight is 480 g/mol. The molecule has 2 N–H and O–H groups in total. The number of barbiturate groups is 1. The Morgan fingerprint density at radius 1 is 1.17 bits per heavy atom. The molecule has 0 saturated carbocycles. The lowest BCUT2D eigenvalue weighted by Gasteiger charge is -2.26. The number of imide groups is 2. The predicted octanol–water partition coefficient (Wildman–Crippen LogP) is 3.23. The van der Waals surface area contributed by atoms with Crippen LogP contribution in [0.4, 0.5) is 10.5 Å². The summed E-state index contributed by atoms with van der Waals surface area (Å²) in [4.78, 5) is 49.0. The molecule has 1 aliphatic heterocycles. The second kappa shape index (κ2) is 8.46. The number of carboxylic acids is 1. The van der Waals surface area contributed by atoms with Crippen molar-refractivity contribution in [1.29, 1.82) is 0 Å². The zero-order valence-electron chi connectivity index (χ0n) is 14.5. The van der Waals surface area contributed by atoms with Crippen LogP contribution in [-0.4, -0.2) is 35.5 Å². The Morgan fingerprint density at radius 2 is 1.86 bits per heavy atom. The molecule has 0 spiro atoms. The van der Waals surface area contributed by atoms with Crippen molar-refractivity contribution in [2.24, 2.45) is 0 Å². The second-order valence-electron chi connectivity index (χ2n) is 5.80. The van der Waals surface area contributed by atoms with Gasteiger partial charge in [-0.3, -0.25) is 14.9 Å². The summed E-state index contributed by atoms with van der Waals surface area (Å²) >= 11 is 9.11. The standard InChI is InChI=1S/C19H12BrClN2O6/c20-11-1-6-15(29-9-16(24)25)10(7-11)8-14-17(26)22-19(28)23(18(14)27)13-4-2-12(21)3-5-13/h1-8H,9H2,(H,24,25)(H,22,26,28)/b14-8+. The van der Waals surface area contributed by atoms with Gasteiger partial charge in [0.1, 0.15) is 11.3 Å². The fourth-order valence-electron chi connectivity index (χ4n) is 2.54. The van der Waals surface area contributed by atoms with Crippen molar-refractivity contribution in [3.63, 3.8) is 0 Å². The van der Waals surface area contributed by atoms with E-state index in [4.69, 9.17) is 21.4 Å². The van der Waals surface area contributed by atoms with Crippen molar-refractivity contribution >= 4 is 63.1 Å². The van der Waals surface area contributed by atoms with Gasteiger partial charge in [0.25, 0.3) is 11.8 Å². The highest BCUT2D eigenvalue weighted by Gasteiger charge is 2.37. The van der Waals surface area contributed by atoms with Crippen LogP contribution in [0.25, 0.3) is 6.08 Å². The second-order valence-corrected chi connectivity index (χ2v) is 7.15. The molecule has 148 valence electrons. The fourth-order valence-corrected chi connectivity index (χ4v) is 3.05. The van der Waals surface area contributed by atoms with Gasteiger partial charge in [0.2, 0.25) is 0 Å². The Kier molecular flexibility index (Phi) is 6.00. The maximum absolute atomic E-state index is 12.9. The third-order valence-electron chi connectivity index (χ3n) is 3.81. The minimum absolute atomic E-state index is 0.152. The predicted molar refractivity (Wildman–Crippen MR) is 108 cm³/mol. The number of anilines is 1. The van der Waals surface area contributed by atoms with Gasteiger partial charge in [0.15, 0.2) is 6.61 Å². The molecule has 0 radical (unpaired) electrons. The van der Waals surface area contributed by atoms with Crippen molar-refractivity contribution in [3.8, 4) is 5.75 Å². The van der Waals surface area contributed by atoms with Crippen LogP contribution in [0.3, 0.4) is 0 Å². The molecule has 0 atom stereocenters. The van der Waals surface area contributed by atoms with Crippen molar-refractivity contribution in [3.05, 3.63) is 63.1 Å². The van der Waals surface area contributed by atoms with Gasteiger partial charge in [-0.2, -0.15) is 0 Å². The van der Waals surface area contributed by atoms with E-state index >= 15 is 0 Å². The van der Waals surface area contributed by atoms with E-state index in [1.165, 1.54) is 36.4 Å². The van der Waals surface area contributed by atoms with Gasteiger partial charge in [0.05, 0.1) is 5.69 Å². The summed E-state index contributed by atoms with van der Waals surface area (Å²) in [6, 6.07) is 9.71. The Hall–Kier alpha value is -3.17. The topological polar surface area (TPSA) is 113 Å². The SMILES string of the molecule is O=C(O)COc1ccc(Br)cc1/C=C1\C(=O)NC(=O)N(c2ccc(Cl)cc2)C1=O. The zero-order chi connectivity index (χ0) is 21.1. The Labute approximate surface area is 177 Å². The number of carboxylic acid groups (broad SMARTS) is 1. The lowest BCUT2D eigenvalue weighted by Crippen LogP contribution is -2.54. The Balaban J connectivity index is 2.01. The highest BCUT2D eigenvalue weighted by atomic mass is 79.9. The number of aliphatic carboxylic acids is 1. The highest BCUT2D eigenvalue weighted by molar-refractivity contribution is 9.10. The third-order valence-corrected chi connectivity index (χ3v) is 4.55. The molecule has 3 rings (SSSR count). The van der Waals surface area contributed by atoms with E-state index in [2.05, 4.69) is 21.2 Å². The van der Waals surface area contributed by atoms with Crippen LogP contribution >= 0.6 is 27.5 Å². The third kappa shape index (κ3) is 4.64. The molecule has 2 aromatic rings. The molecule has 1 aliphatic rings. The van der Waals surface area contributed by atoms with Gasteiger partial charge in [-0.25, -0.2) is 14.5 Å². The first-order chi connectivity index (χ1) is 13.8. The normalized spacial score (nSPS) is 15.4. The number of halogens is 2. The van der Waals surface area contributed by atoms with Gasteiger partial charge in [0, 0.05) is 15.1 Å². The van der Waals surface area contributed by atoms with Crippen molar-refractivity contribution < 1.29 is 29.0 Å². The van der Waals surface area contributed by atoms with Crippen LogP contribution in [0, 0.1) is 0 Å². The summed E-state index contributed by atoms with van der Waals surface area (Å²) in [7, 11) is 0. The summed E-state index contributed by atoms with van der Waals surface area (Å²) < 4.78 is 5.82. The van der Waals surface area contributed by atoms with Crippen LogP contribution in [-0.2, 0) is 14.4 Å². The number of hydrogen-bond donors (Lipinski definition) is 2. The first kappa shape index (κ1) is 20.6. The molecule has 0 aliphatic carbocycles. The lowest BCUT2D eigenvalue weighted by molar-refractivity contribution is -0.139. The number of carbonyl (C=O) groups is 4. The van der Waals surface area contributed by atoms with E-state index in [1.54, 1.807) is 12.1 Å². The van der Waals surface area contributed by atoms with Crippen LogP contribution in [0.5, 0.6) is 5.75 Å². The van der Waals surface area contributed by atoms with Crippen LogP contribution < -0.4 is 15.0 Å². The van der Waals surface area contributed by atoms with Crippen LogP contribution in [0.2, 0.25) is 5.02 Å². The van der Waals surface area contributed by atoms with Crippen molar-refractivity contribution in [2.75, 3.05) is 11.5 Å². The van der Waals surface area contributed by atoms with Crippen LogP contribution in [0.15, 0.2) is 52.5 Å². The average Bonchev–Trinajstić information content (AvgIpc) is 2.65. The van der Waals surface area contributed by atoms with Crippen LogP contribution in [0.1, 0.15) is 5.56 Å². The minimum Gasteiger partial charge on any atom is -0.481 e. The fraction of sp³-hybridized carbons (Fsp3) is 0.0526. The highest BCUT2D eigenvalue weighted by Crippen LogP contribution is 2.28. The number of ether oxygens (including phenoxy) is 1. The van der Waals surface area contributed by atoms with Crippen molar-refractivity contribution in [1.82, 2.24) is 5.32 Å². The molecule has 1 saturated heterocycles. The first-order valence-electron chi connectivity index (χ1n) is 8.07. The molecule has 0 bridgehead atoms. The number of nitrogens with zero attached hydrogens (tertiary/aromatic N) is 1. The summed E-state index contributed by atoms with van der Waals surface area (Å²) in [5.41, 5.74) is 0.189. The van der Waals surface area contributed by atoms with Gasteiger partial charge in [-0.1, -0.05) is 27.5 Å². The molecule has 1 heterocycles. The number of carbonyl (C=O) groups excluding carboxylic acids is 3. The molecule has 1 fully saturated rings. The first-order valence-corrected chi connectivity index (χ1v) is 9.24. The molecule has 29 heavy (non-hydrogen) atoms.